The molecular weight excluding hydrogens is 354 g/mol. The van der Waals surface area contributed by atoms with E-state index in [2.05, 4.69) is 5.32 Å². The van der Waals surface area contributed by atoms with Gasteiger partial charge in [0, 0.05) is 12.8 Å². The normalized spacial score (nSPS) is 12.2. The molecule has 26 heavy (non-hydrogen) atoms. The molecule has 138 valence electrons. The highest BCUT2D eigenvalue weighted by Crippen LogP contribution is 2.16. The zero-order valence-electron chi connectivity index (χ0n) is 14.6. The van der Waals surface area contributed by atoms with Gasteiger partial charge in [0.2, 0.25) is 0 Å². The summed E-state index contributed by atoms with van der Waals surface area (Å²) in [6, 6.07) is 15.4. The fourth-order valence-electron chi connectivity index (χ4n) is 2.38. The molecule has 2 aromatic rings. The molecule has 7 heteroatoms. The molecular formula is C19H21NO5S. The van der Waals surface area contributed by atoms with Crippen molar-refractivity contribution < 1.29 is 22.7 Å². The quantitative estimate of drug-likeness (QED) is 0.749. The van der Waals surface area contributed by atoms with Crippen molar-refractivity contribution in [1.29, 1.82) is 0 Å². The zero-order chi connectivity index (χ0) is 19.2. The van der Waals surface area contributed by atoms with Gasteiger partial charge in [0.15, 0.2) is 16.4 Å². The van der Waals surface area contributed by atoms with E-state index in [1.807, 2.05) is 37.3 Å². The molecule has 0 aliphatic carbocycles. The summed E-state index contributed by atoms with van der Waals surface area (Å²) >= 11 is 0. The Balaban J connectivity index is 1.89. The summed E-state index contributed by atoms with van der Waals surface area (Å²) < 4.78 is 28.4. The number of sulfone groups is 1. The minimum absolute atomic E-state index is 0.0829. The van der Waals surface area contributed by atoms with Crippen LogP contribution in [0.2, 0.25) is 0 Å². The summed E-state index contributed by atoms with van der Waals surface area (Å²) in [6.07, 6.45) is 1.01. The van der Waals surface area contributed by atoms with Crippen LogP contribution in [0.1, 0.15) is 28.8 Å². The van der Waals surface area contributed by atoms with Crippen molar-refractivity contribution in [2.24, 2.45) is 0 Å². The summed E-state index contributed by atoms with van der Waals surface area (Å²) in [5, 5.41) is 2.70. The van der Waals surface area contributed by atoms with Gasteiger partial charge in [-0.3, -0.25) is 4.79 Å². The fraction of sp³-hybridized carbons (Fsp3) is 0.263. The molecule has 0 radical (unpaired) electrons. The van der Waals surface area contributed by atoms with Crippen molar-refractivity contribution in [3.8, 4) is 0 Å². The minimum Gasteiger partial charge on any atom is -0.452 e. The maximum Gasteiger partial charge on any atom is 0.339 e. The van der Waals surface area contributed by atoms with Gasteiger partial charge >= 0.3 is 5.97 Å². The van der Waals surface area contributed by atoms with Crippen molar-refractivity contribution in [1.82, 2.24) is 5.32 Å². The van der Waals surface area contributed by atoms with Crippen LogP contribution in [0.4, 0.5) is 0 Å². The van der Waals surface area contributed by atoms with Crippen LogP contribution >= 0.6 is 0 Å². The third-order valence-corrected chi connectivity index (χ3v) is 4.97. The number of carbonyl (C=O) groups excluding carboxylic acids is 2. The molecule has 2 aromatic carbocycles. The molecule has 0 aromatic heterocycles. The number of ether oxygens (including phenoxy) is 1. The predicted octanol–water partition coefficient (Wildman–Crippen LogP) is 2.17. The van der Waals surface area contributed by atoms with Gasteiger partial charge < -0.3 is 10.1 Å². The second-order valence-corrected chi connectivity index (χ2v) is 7.94. The number of rotatable bonds is 7. The van der Waals surface area contributed by atoms with Crippen molar-refractivity contribution in [3.63, 3.8) is 0 Å². The summed E-state index contributed by atoms with van der Waals surface area (Å²) in [6.45, 7) is 1.91. The van der Waals surface area contributed by atoms with Crippen LogP contribution in [0.25, 0.3) is 0 Å². The van der Waals surface area contributed by atoms with Crippen LogP contribution in [0, 0.1) is 0 Å². The summed E-state index contributed by atoms with van der Waals surface area (Å²) in [5.74, 6) is -1.18. The monoisotopic (exact) mass is 375 g/mol. The smallest absolute Gasteiger partial charge is 0.339 e. The van der Waals surface area contributed by atoms with E-state index in [1.165, 1.54) is 24.3 Å². The highest BCUT2D eigenvalue weighted by atomic mass is 32.2. The van der Waals surface area contributed by atoms with Crippen LogP contribution in [0.5, 0.6) is 0 Å². The van der Waals surface area contributed by atoms with Gasteiger partial charge in [0.1, 0.15) is 0 Å². The molecule has 6 nitrogen and oxygen atoms in total. The standard InChI is InChI=1S/C19H21NO5S/c1-14(15-8-4-3-5-9-15)12-20-18(21)13-25-19(22)16-10-6-7-11-17(16)26(2,23)24/h3-11,14H,12-13H2,1-2H3,(H,20,21)/t14-/m0/s1. The lowest BCUT2D eigenvalue weighted by Gasteiger charge is -2.13. The van der Waals surface area contributed by atoms with Crippen LogP contribution in [-0.4, -0.2) is 39.7 Å². The Morgan fingerprint density at radius 2 is 1.65 bits per heavy atom. The topological polar surface area (TPSA) is 89.5 Å². The van der Waals surface area contributed by atoms with Gasteiger partial charge in [-0.1, -0.05) is 49.4 Å². The Hall–Kier alpha value is -2.67. The lowest BCUT2D eigenvalue weighted by atomic mass is 10.0. The first-order chi connectivity index (χ1) is 12.3. The number of benzene rings is 2. The number of esters is 1. The number of amides is 1. The Bertz CT molecular complexity index is 878. The highest BCUT2D eigenvalue weighted by Gasteiger charge is 2.20. The van der Waals surface area contributed by atoms with E-state index in [-0.39, 0.29) is 16.4 Å². The average molecular weight is 375 g/mol. The SMILES string of the molecule is C[C@@H](CNC(=O)COC(=O)c1ccccc1S(C)(=O)=O)c1ccccc1. The molecule has 0 aliphatic rings. The number of nitrogens with one attached hydrogen (secondary N) is 1. The second kappa shape index (κ2) is 8.62. The van der Waals surface area contributed by atoms with E-state index in [1.54, 1.807) is 0 Å². The van der Waals surface area contributed by atoms with Gasteiger partial charge in [-0.25, -0.2) is 13.2 Å². The van der Waals surface area contributed by atoms with Crippen molar-refractivity contribution in [2.75, 3.05) is 19.4 Å². The number of hydrogen-bond donors (Lipinski definition) is 1. The Morgan fingerprint density at radius 3 is 2.31 bits per heavy atom. The van der Waals surface area contributed by atoms with E-state index < -0.39 is 28.3 Å². The second-order valence-electron chi connectivity index (χ2n) is 5.96. The Morgan fingerprint density at radius 1 is 1.04 bits per heavy atom. The molecule has 1 N–H and O–H groups in total. The molecule has 0 fully saturated rings. The molecule has 1 atom stereocenters. The summed E-state index contributed by atoms with van der Waals surface area (Å²) in [5.41, 5.74) is 1.01. The van der Waals surface area contributed by atoms with Gasteiger partial charge in [-0.15, -0.1) is 0 Å². The fourth-order valence-corrected chi connectivity index (χ4v) is 3.26. The van der Waals surface area contributed by atoms with E-state index in [9.17, 15) is 18.0 Å². The van der Waals surface area contributed by atoms with Crippen LogP contribution in [0.15, 0.2) is 59.5 Å². The molecule has 0 heterocycles. The van der Waals surface area contributed by atoms with E-state index in [0.717, 1.165) is 11.8 Å². The first kappa shape index (κ1) is 19.7. The average Bonchev–Trinajstić information content (AvgIpc) is 2.64. The van der Waals surface area contributed by atoms with Crippen molar-refractivity contribution >= 4 is 21.7 Å². The van der Waals surface area contributed by atoms with E-state index >= 15 is 0 Å². The van der Waals surface area contributed by atoms with E-state index in [0.29, 0.717) is 6.54 Å². The maximum absolute atomic E-state index is 12.1. The zero-order valence-corrected chi connectivity index (χ0v) is 15.5. The summed E-state index contributed by atoms with van der Waals surface area (Å²) in [7, 11) is -3.57. The lowest BCUT2D eigenvalue weighted by Crippen LogP contribution is -2.31. The molecule has 2 rings (SSSR count). The molecule has 0 aliphatic heterocycles. The first-order valence-electron chi connectivity index (χ1n) is 8.07. The van der Waals surface area contributed by atoms with Gasteiger partial charge in [0.25, 0.3) is 5.91 Å². The van der Waals surface area contributed by atoms with Crippen LogP contribution < -0.4 is 5.32 Å². The Kier molecular flexibility index (Phi) is 6.52. The first-order valence-corrected chi connectivity index (χ1v) is 9.96. The molecule has 0 saturated heterocycles. The maximum atomic E-state index is 12.1. The molecule has 0 unspecified atom stereocenters. The number of hydrogen-bond acceptors (Lipinski definition) is 5. The minimum atomic E-state index is -3.57. The number of carbonyl (C=O) groups is 2. The summed E-state index contributed by atoms with van der Waals surface area (Å²) in [4.78, 5) is 23.9. The van der Waals surface area contributed by atoms with Crippen molar-refractivity contribution in [3.05, 3.63) is 65.7 Å². The molecule has 0 spiro atoms. The van der Waals surface area contributed by atoms with Crippen LogP contribution in [0.3, 0.4) is 0 Å². The van der Waals surface area contributed by atoms with E-state index in [4.69, 9.17) is 4.74 Å². The molecule has 1 amide bonds. The largest absolute Gasteiger partial charge is 0.452 e. The van der Waals surface area contributed by atoms with Crippen molar-refractivity contribution in [2.45, 2.75) is 17.7 Å². The van der Waals surface area contributed by atoms with Gasteiger partial charge in [-0.05, 0) is 23.6 Å². The molecule has 0 saturated carbocycles. The molecule has 0 bridgehead atoms. The third-order valence-electron chi connectivity index (χ3n) is 3.81. The third kappa shape index (κ3) is 5.42. The van der Waals surface area contributed by atoms with Crippen LogP contribution in [-0.2, 0) is 19.4 Å². The van der Waals surface area contributed by atoms with Gasteiger partial charge in [0.05, 0.1) is 10.5 Å². The predicted molar refractivity (Wildman–Crippen MR) is 97.7 cm³/mol. The van der Waals surface area contributed by atoms with Gasteiger partial charge in [-0.2, -0.15) is 0 Å². The Labute approximate surface area is 153 Å². The lowest BCUT2D eigenvalue weighted by molar-refractivity contribution is -0.124. The highest BCUT2D eigenvalue weighted by molar-refractivity contribution is 7.90.